The molecule has 2 aliphatic rings. The Bertz CT molecular complexity index is 2080. The number of hydrogen-bond acceptors (Lipinski definition) is 7. The van der Waals surface area contributed by atoms with Gasteiger partial charge in [-0.05, 0) is 70.3 Å². The van der Waals surface area contributed by atoms with Crippen LogP contribution in [0.1, 0.15) is 94.9 Å². The van der Waals surface area contributed by atoms with Crippen LogP contribution in [0.4, 0.5) is 0 Å². The van der Waals surface area contributed by atoms with E-state index >= 15 is 0 Å². The topological polar surface area (TPSA) is 128 Å². The minimum Gasteiger partial charge on any atom is -0.517 e. The highest BCUT2D eigenvalue weighted by Gasteiger charge is 2.52. The minimum absolute atomic E-state index is 0.0949. The van der Waals surface area contributed by atoms with Crippen LogP contribution in [0.3, 0.4) is 0 Å². The van der Waals surface area contributed by atoms with Gasteiger partial charge >= 0.3 is 11.9 Å². The van der Waals surface area contributed by atoms with Crippen LogP contribution in [-0.4, -0.2) is 56.5 Å². The van der Waals surface area contributed by atoms with Gasteiger partial charge in [-0.25, -0.2) is 0 Å². The number of ketones is 1. The number of carbonyl (C=O) groups is 5. The molecule has 1 aliphatic heterocycles. The Labute approximate surface area is 356 Å². The van der Waals surface area contributed by atoms with Gasteiger partial charge in [-0.1, -0.05) is 150 Å². The largest absolute Gasteiger partial charge is 0.517 e. The van der Waals surface area contributed by atoms with E-state index in [4.69, 9.17) is 9.16 Å². The molecule has 4 aromatic carbocycles. The van der Waals surface area contributed by atoms with Crippen molar-refractivity contribution in [3.8, 4) is 11.1 Å². The number of ether oxygens (including phenoxy) is 1. The Morgan fingerprint density at radius 2 is 1.20 bits per heavy atom. The number of Topliss-reactive ketones (excluding diaryl/α,β-unsaturated/α-hetero) is 1. The standard InChI is InChI=1S/C50H60N2O7Si/c1-6-37(32-46(54)58-33-43-41-25-15-13-23-39(41)40-24-14-16-26-42(40)43)47(55)51-34(2)45(53)31-38(29-35-19-9-7-10-20-35)48(56)52-44(30-36-21-11-8-12-22-36)49(57)59-60(50(3,4)5)27-17-18-28-60/h7-16,19-26,34,37-38,43-44H,6,17-18,27-33H2,1-5H3,(H,51,55)(H,52,56)/t34-,37+,38+,44-/m0/s1. The lowest BCUT2D eigenvalue weighted by Crippen LogP contribution is -2.53. The van der Waals surface area contributed by atoms with E-state index in [0.717, 1.165) is 58.3 Å². The SMILES string of the molecule is CC[C@H](CC(=O)OCC1c2ccccc2-c2ccccc21)C(=O)N[C@@H](C)C(=O)C[C@@H](Cc1ccccc1)C(=O)N[C@@H](Cc1ccccc1)C(=O)O[Si]1(C(C)(C)C)CCCC1. The fourth-order valence-corrected chi connectivity index (χ4v) is 13.3. The van der Waals surface area contributed by atoms with Crippen molar-refractivity contribution in [1.29, 1.82) is 0 Å². The van der Waals surface area contributed by atoms with Gasteiger partial charge in [0.2, 0.25) is 11.8 Å². The molecule has 9 nitrogen and oxygen atoms in total. The third kappa shape index (κ3) is 10.7. The predicted molar refractivity (Wildman–Crippen MR) is 236 cm³/mol. The van der Waals surface area contributed by atoms with Crippen molar-refractivity contribution in [2.45, 2.75) is 115 Å². The average molecular weight is 829 g/mol. The molecule has 1 saturated heterocycles. The van der Waals surface area contributed by atoms with Crippen LogP contribution in [0.5, 0.6) is 0 Å². The summed E-state index contributed by atoms with van der Waals surface area (Å²) in [6.45, 7) is 10.0. The van der Waals surface area contributed by atoms with Crippen molar-refractivity contribution < 1.29 is 33.1 Å². The summed E-state index contributed by atoms with van der Waals surface area (Å²) in [5.41, 5.74) is 6.22. The zero-order valence-electron chi connectivity index (χ0n) is 35.7. The van der Waals surface area contributed by atoms with Gasteiger partial charge in [0.05, 0.1) is 12.5 Å². The fraction of sp³-hybridized carbons (Fsp3) is 0.420. The molecule has 4 aromatic rings. The number of esters is 1. The highest BCUT2D eigenvalue weighted by atomic mass is 28.4. The number of carbonyl (C=O) groups excluding carboxylic acids is 5. The van der Waals surface area contributed by atoms with Crippen molar-refractivity contribution in [2.24, 2.45) is 11.8 Å². The Balaban J connectivity index is 1.10. The average Bonchev–Trinajstić information content (AvgIpc) is 3.85. The normalized spacial score (nSPS) is 16.4. The number of amides is 2. The fourth-order valence-electron chi connectivity index (χ4n) is 8.83. The van der Waals surface area contributed by atoms with Gasteiger partial charge in [0.1, 0.15) is 12.6 Å². The van der Waals surface area contributed by atoms with Crippen molar-refractivity contribution >= 4 is 37.9 Å². The molecule has 1 fully saturated rings. The van der Waals surface area contributed by atoms with Crippen LogP contribution >= 0.6 is 0 Å². The van der Waals surface area contributed by atoms with Crippen LogP contribution in [-0.2, 0) is 46.0 Å². The van der Waals surface area contributed by atoms with E-state index in [9.17, 15) is 24.0 Å². The predicted octanol–water partition coefficient (Wildman–Crippen LogP) is 8.89. The highest BCUT2D eigenvalue weighted by molar-refractivity contribution is 6.78. The van der Waals surface area contributed by atoms with Crippen molar-refractivity contribution in [1.82, 2.24) is 10.6 Å². The molecule has 0 aromatic heterocycles. The summed E-state index contributed by atoms with van der Waals surface area (Å²) < 4.78 is 12.3. The summed E-state index contributed by atoms with van der Waals surface area (Å²) in [6.07, 6.45) is 2.63. The molecule has 0 radical (unpaired) electrons. The Kier molecular flexibility index (Phi) is 14.6. The lowest BCUT2D eigenvalue weighted by Gasteiger charge is -2.39. The monoisotopic (exact) mass is 828 g/mol. The summed E-state index contributed by atoms with van der Waals surface area (Å²) in [5.74, 6) is -3.72. The number of rotatable bonds is 18. The highest BCUT2D eigenvalue weighted by Crippen LogP contribution is 2.48. The van der Waals surface area contributed by atoms with E-state index in [2.05, 4.69) is 55.7 Å². The van der Waals surface area contributed by atoms with Crippen LogP contribution in [0, 0.1) is 11.8 Å². The molecule has 0 bridgehead atoms. The molecule has 0 saturated carbocycles. The van der Waals surface area contributed by atoms with Crippen LogP contribution in [0.25, 0.3) is 11.1 Å². The molecule has 4 atom stereocenters. The van der Waals surface area contributed by atoms with E-state index in [0.29, 0.717) is 6.42 Å². The molecule has 10 heteroatoms. The van der Waals surface area contributed by atoms with Gasteiger partial charge in [0.15, 0.2) is 5.78 Å². The maximum atomic E-state index is 14.3. The number of hydrogen-bond donors (Lipinski definition) is 2. The second-order valence-electron chi connectivity index (χ2n) is 17.6. The zero-order chi connectivity index (χ0) is 42.9. The quantitative estimate of drug-likeness (QED) is 0.0758. The number of fused-ring (bicyclic) bond motifs is 3. The van der Waals surface area contributed by atoms with Gasteiger partial charge in [-0.15, -0.1) is 0 Å². The molecule has 1 aliphatic carbocycles. The van der Waals surface area contributed by atoms with Crippen LogP contribution < -0.4 is 10.6 Å². The molecule has 2 amide bonds. The molecule has 0 spiro atoms. The summed E-state index contributed by atoms with van der Waals surface area (Å²) in [7, 11) is -2.46. The zero-order valence-corrected chi connectivity index (χ0v) is 36.7. The summed E-state index contributed by atoms with van der Waals surface area (Å²) >= 11 is 0. The Hall–Kier alpha value is -5.35. The third-order valence-electron chi connectivity index (χ3n) is 12.6. The first-order chi connectivity index (χ1) is 28.8. The van der Waals surface area contributed by atoms with E-state index < -0.39 is 56.0 Å². The van der Waals surface area contributed by atoms with Gasteiger partial charge in [0.25, 0.3) is 8.32 Å². The van der Waals surface area contributed by atoms with Crippen molar-refractivity contribution in [3.05, 3.63) is 131 Å². The van der Waals surface area contributed by atoms with Gasteiger partial charge in [0, 0.05) is 30.6 Å². The first-order valence-electron chi connectivity index (χ1n) is 21.6. The van der Waals surface area contributed by atoms with E-state index in [1.807, 2.05) is 91.9 Å². The summed E-state index contributed by atoms with van der Waals surface area (Å²) in [5, 5.41) is 5.69. The molecule has 316 valence electrons. The maximum absolute atomic E-state index is 14.3. The Morgan fingerprint density at radius 3 is 1.75 bits per heavy atom. The first kappa shape index (κ1) is 44.2. The lowest BCUT2D eigenvalue weighted by molar-refractivity contribution is -0.147. The van der Waals surface area contributed by atoms with Crippen molar-refractivity contribution in [3.63, 3.8) is 0 Å². The third-order valence-corrected chi connectivity index (χ3v) is 18.2. The van der Waals surface area contributed by atoms with Gasteiger partial charge in [-0.2, -0.15) is 0 Å². The number of nitrogens with one attached hydrogen (secondary N) is 2. The molecule has 1 heterocycles. The summed E-state index contributed by atoms with van der Waals surface area (Å²) in [6, 6.07) is 35.1. The molecule has 60 heavy (non-hydrogen) atoms. The van der Waals surface area contributed by atoms with Crippen LogP contribution in [0.2, 0.25) is 17.1 Å². The number of benzene rings is 4. The van der Waals surface area contributed by atoms with Gasteiger partial charge in [-0.3, -0.25) is 24.0 Å². The van der Waals surface area contributed by atoms with E-state index in [1.165, 1.54) is 0 Å². The molecule has 0 unspecified atom stereocenters. The lowest BCUT2D eigenvalue weighted by atomic mass is 9.91. The molecular weight excluding hydrogens is 769 g/mol. The van der Waals surface area contributed by atoms with E-state index in [1.54, 1.807) is 6.92 Å². The Morgan fingerprint density at radius 1 is 0.683 bits per heavy atom. The molecule has 2 N–H and O–H groups in total. The van der Waals surface area contributed by atoms with Crippen LogP contribution in [0.15, 0.2) is 109 Å². The van der Waals surface area contributed by atoms with Gasteiger partial charge < -0.3 is 19.8 Å². The maximum Gasteiger partial charge on any atom is 0.315 e. The smallest absolute Gasteiger partial charge is 0.315 e. The van der Waals surface area contributed by atoms with Crippen molar-refractivity contribution in [2.75, 3.05) is 6.61 Å². The molecule has 6 rings (SSSR count). The first-order valence-corrected chi connectivity index (χ1v) is 23.9. The minimum atomic E-state index is -2.46. The van der Waals surface area contributed by atoms with E-state index in [-0.39, 0.29) is 49.0 Å². The second-order valence-corrected chi connectivity index (χ2v) is 22.3. The summed E-state index contributed by atoms with van der Waals surface area (Å²) in [4.78, 5) is 69.1. The second kappa shape index (κ2) is 19.8. The molecular formula is C50H60N2O7Si.